The zero-order valence-corrected chi connectivity index (χ0v) is 14.0. The Morgan fingerprint density at radius 3 is 2.61 bits per heavy atom. The molecule has 2 aromatic rings. The number of nitrogens with two attached hydrogens (primary N) is 1. The Kier molecular flexibility index (Phi) is 4.26. The van der Waals surface area contributed by atoms with E-state index in [0.29, 0.717) is 19.1 Å². The molecule has 2 heterocycles. The predicted molar refractivity (Wildman–Crippen MR) is 90.4 cm³/mol. The Hall–Kier alpha value is -2.08. The van der Waals surface area contributed by atoms with Crippen molar-refractivity contribution >= 4 is 23.0 Å². The summed E-state index contributed by atoms with van der Waals surface area (Å²) in [4.78, 5) is 20.9. The van der Waals surface area contributed by atoms with E-state index >= 15 is 0 Å². The highest BCUT2D eigenvalue weighted by Crippen LogP contribution is 2.24. The lowest BCUT2D eigenvalue weighted by Crippen LogP contribution is -2.52. The Balaban J connectivity index is 1.67. The highest BCUT2D eigenvalue weighted by Gasteiger charge is 2.28. The molecule has 3 rings (SSSR count). The number of hydrogen-bond donors (Lipinski definition) is 1. The van der Waals surface area contributed by atoms with E-state index in [2.05, 4.69) is 9.88 Å². The molecule has 0 saturated carbocycles. The number of aryl methyl sites for hydroxylation is 1. The molecule has 1 aromatic heterocycles. The Morgan fingerprint density at radius 2 is 1.96 bits per heavy atom. The van der Waals surface area contributed by atoms with Gasteiger partial charge in [0.25, 0.3) is 6.01 Å². The summed E-state index contributed by atoms with van der Waals surface area (Å²) in [6, 6.07) is 6.50. The van der Waals surface area contributed by atoms with Crippen molar-refractivity contribution < 1.29 is 9.21 Å². The fourth-order valence-corrected chi connectivity index (χ4v) is 2.79. The summed E-state index contributed by atoms with van der Waals surface area (Å²) in [5, 5.41) is 0. The summed E-state index contributed by atoms with van der Waals surface area (Å²) < 4.78 is 5.84. The second-order valence-corrected chi connectivity index (χ2v) is 6.43. The van der Waals surface area contributed by atoms with Crippen molar-refractivity contribution in [3.05, 3.63) is 23.8 Å². The van der Waals surface area contributed by atoms with Gasteiger partial charge < -0.3 is 20.0 Å². The third-order valence-corrected chi connectivity index (χ3v) is 4.57. The van der Waals surface area contributed by atoms with Crippen LogP contribution >= 0.6 is 0 Å². The van der Waals surface area contributed by atoms with Crippen LogP contribution in [0.2, 0.25) is 0 Å². The van der Waals surface area contributed by atoms with Gasteiger partial charge in [0.2, 0.25) is 5.91 Å². The normalized spacial score (nSPS) is 18.3. The first kappa shape index (κ1) is 15.8. The fourth-order valence-electron chi connectivity index (χ4n) is 2.79. The number of rotatable bonds is 3. The Morgan fingerprint density at radius 1 is 1.26 bits per heavy atom. The first-order chi connectivity index (χ1) is 11.0. The number of piperazine rings is 1. The van der Waals surface area contributed by atoms with Crippen molar-refractivity contribution in [2.24, 2.45) is 11.7 Å². The van der Waals surface area contributed by atoms with Crippen LogP contribution in [-0.2, 0) is 4.79 Å². The minimum absolute atomic E-state index is 0.124. The topological polar surface area (TPSA) is 75.6 Å². The number of carbonyl (C=O) groups excluding carboxylic acids is 1. The second kappa shape index (κ2) is 6.20. The first-order valence-electron chi connectivity index (χ1n) is 8.12. The molecule has 6 heteroatoms. The molecule has 1 amide bonds. The van der Waals surface area contributed by atoms with Crippen molar-refractivity contribution in [1.82, 2.24) is 9.88 Å². The predicted octanol–water partition coefficient (Wildman–Crippen LogP) is 1.77. The molecule has 2 atom stereocenters. The molecule has 1 aliphatic rings. The average Bonchev–Trinajstić information content (AvgIpc) is 2.96. The van der Waals surface area contributed by atoms with Crippen LogP contribution in [0.1, 0.15) is 19.4 Å². The smallest absolute Gasteiger partial charge is 0.298 e. The third-order valence-electron chi connectivity index (χ3n) is 4.57. The lowest BCUT2D eigenvalue weighted by atomic mass is 10.0. The number of amides is 1. The molecular formula is C17H24N4O2. The molecule has 23 heavy (non-hydrogen) atoms. The number of anilines is 1. The second-order valence-electron chi connectivity index (χ2n) is 6.43. The van der Waals surface area contributed by atoms with Gasteiger partial charge in [-0.25, -0.2) is 0 Å². The van der Waals surface area contributed by atoms with Crippen molar-refractivity contribution in [2.75, 3.05) is 31.1 Å². The highest BCUT2D eigenvalue weighted by atomic mass is 16.4. The molecule has 0 spiro atoms. The van der Waals surface area contributed by atoms with Crippen LogP contribution in [0.25, 0.3) is 11.1 Å². The van der Waals surface area contributed by atoms with Crippen LogP contribution in [0.4, 0.5) is 6.01 Å². The van der Waals surface area contributed by atoms with Gasteiger partial charge in [-0.05, 0) is 31.5 Å². The summed E-state index contributed by atoms with van der Waals surface area (Å²) >= 11 is 0. The molecule has 1 fully saturated rings. The number of benzene rings is 1. The highest BCUT2D eigenvalue weighted by molar-refractivity contribution is 5.79. The quantitative estimate of drug-likeness (QED) is 0.934. The number of aromatic nitrogens is 1. The van der Waals surface area contributed by atoms with Crippen molar-refractivity contribution in [3.8, 4) is 0 Å². The lowest BCUT2D eigenvalue weighted by molar-refractivity contribution is -0.135. The van der Waals surface area contributed by atoms with Gasteiger partial charge in [0.05, 0.1) is 5.92 Å². The van der Waals surface area contributed by atoms with Crippen molar-refractivity contribution in [1.29, 1.82) is 0 Å². The van der Waals surface area contributed by atoms with Crippen LogP contribution < -0.4 is 10.6 Å². The van der Waals surface area contributed by atoms with Gasteiger partial charge in [-0.15, -0.1) is 0 Å². The summed E-state index contributed by atoms with van der Waals surface area (Å²) in [5.41, 5.74) is 8.68. The van der Waals surface area contributed by atoms with Crippen LogP contribution in [0.15, 0.2) is 22.6 Å². The summed E-state index contributed by atoms with van der Waals surface area (Å²) in [6.07, 6.45) is 0. The SMILES string of the molecule is Cc1ccc2oc(N3CCN(C(=O)C(C)C(C)N)CC3)nc2c1. The van der Waals surface area contributed by atoms with Gasteiger partial charge in [-0.3, -0.25) is 4.79 Å². The number of fused-ring (bicyclic) bond motifs is 1. The molecule has 2 N–H and O–H groups in total. The maximum Gasteiger partial charge on any atom is 0.298 e. The summed E-state index contributed by atoms with van der Waals surface area (Å²) in [5.74, 6) is -0.0123. The number of nitrogens with zero attached hydrogens (tertiary/aromatic N) is 3. The maximum atomic E-state index is 12.3. The average molecular weight is 316 g/mol. The van der Waals surface area contributed by atoms with Gasteiger partial charge in [-0.2, -0.15) is 4.98 Å². The molecule has 0 radical (unpaired) electrons. The van der Waals surface area contributed by atoms with Gasteiger partial charge >= 0.3 is 0 Å². The molecular weight excluding hydrogens is 292 g/mol. The van der Waals surface area contributed by atoms with E-state index in [9.17, 15) is 4.79 Å². The number of oxazole rings is 1. The van der Waals surface area contributed by atoms with Crippen molar-refractivity contribution in [3.63, 3.8) is 0 Å². The van der Waals surface area contributed by atoms with Gasteiger partial charge in [0.1, 0.15) is 5.52 Å². The fraction of sp³-hybridized carbons (Fsp3) is 0.529. The number of carbonyl (C=O) groups is 1. The van der Waals surface area contributed by atoms with E-state index in [1.165, 1.54) is 0 Å². The number of hydrogen-bond acceptors (Lipinski definition) is 5. The largest absolute Gasteiger partial charge is 0.423 e. The van der Waals surface area contributed by atoms with Gasteiger partial charge in [-0.1, -0.05) is 13.0 Å². The van der Waals surface area contributed by atoms with E-state index < -0.39 is 0 Å². The summed E-state index contributed by atoms with van der Waals surface area (Å²) in [7, 11) is 0. The zero-order valence-electron chi connectivity index (χ0n) is 14.0. The maximum absolute atomic E-state index is 12.3. The monoisotopic (exact) mass is 316 g/mol. The molecule has 1 saturated heterocycles. The van der Waals surface area contributed by atoms with E-state index in [1.807, 2.05) is 43.9 Å². The minimum atomic E-state index is -0.145. The minimum Gasteiger partial charge on any atom is -0.423 e. The van der Waals surface area contributed by atoms with Crippen LogP contribution in [0.5, 0.6) is 0 Å². The third kappa shape index (κ3) is 3.17. The zero-order chi connectivity index (χ0) is 16.6. The molecule has 1 aromatic carbocycles. The van der Waals surface area contributed by atoms with Crippen LogP contribution in [0.3, 0.4) is 0 Å². The van der Waals surface area contributed by atoms with Gasteiger partial charge in [0.15, 0.2) is 5.58 Å². The van der Waals surface area contributed by atoms with E-state index in [0.717, 1.165) is 29.8 Å². The van der Waals surface area contributed by atoms with Crippen molar-refractivity contribution in [2.45, 2.75) is 26.8 Å². The molecule has 0 aliphatic carbocycles. The van der Waals surface area contributed by atoms with Crippen LogP contribution in [0, 0.1) is 12.8 Å². The summed E-state index contributed by atoms with van der Waals surface area (Å²) in [6.45, 7) is 8.60. The Labute approximate surface area is 136 Å². The molecule has 124 valence electrons. The first-order valence-corrected chi connectivity index (χ1v) is 8.12. The van der Waals surface area contributed by atoms with E-state index in [-0.39, 0.29) is 17.9 Å². The molecule has 1 aliphatic heterocycles. The Bertz CT molecular complexity index is 702. The molecule has 0 bridgehead atoms. The standard InChI is InChI=1S/C17H24N4O2/c1-11-4-5-15-14(10-11)19-17(23-15)21-8-6-20(7-9-21)16(22)12(2)13(3)18/h4-5,10,12-13H,6-9,18H2,1-3H3. The van der Waals surface area contributed by atoms with E-state index in [1.54, 1.807) is 0 Å². The lowest BCUT2D eigenvalue weighted by Gasteiger charge is -2.35. The van der Waals surface area contributed by atoms with Crippen LogP contribution in [-0.4, -0.2) is 48.0 Å². The molecule has 2 unspecified atom stereocenters. The molecule has 6 nitrogen and oxygen atoms in total. The van der Waals surface area contributed by atoms with E-state index in [4.69, 9.17) is 10.2 Å². The van der Waals surface area contributed by atoms with Gasteiger partial charge in [0, 0.05) is 32.2 Å².